The van der Waals surface area contributed by atoms with Crippen molar-refractivity contribution in [3.05, 3.63) is 48.7 Å². The molecule has 102 valence electrons. The first-order chi connectivity index (χ1) is 9.83. The van der Waals surface area contributed by atoms with Crippen molar-refractivity contribution in [3.8, 4) is 0 Å². The number of H-pyrrole nitrogens is 1. The van der Waals surface area contributed by atoms with E-state index < -0.39 is 0 Å². The lowest BCUT2D eigenvalue weighted by Gasteiger charge is -2.09. The molecule has 0 radical (unpaired) electrons. The molecule has 0 bridgehead atoms. The molecule has 0 unspecified atom stereocenters. The van der Waals surface area contributed by atoms with Gasteiger partial charge in [-0.05, 0) is 30.7 Å². The van der Waals surface area contributed by atoms with E-state index in [0.29, 0.717) is 0 Å². The Morgan fingerprint density at radius 3 is 2.95 bits per heavy atom. The summed E-state index contributed by atoms with van der Waals surface area (Å²) in [6.07, 6.45) is 7.39. The van der Waals surface area contributed by atoms with Crippen LogP contribution in [0.25, 0.3) is 10.9 Å². The van der Waals surface area contributed by atoms with Gasteiger partial charge in [0.25, 0.3) is 0 Å². The predicted molar refractivity (Wildman–Crippen MR) is 81.6 cm³/mol. The van der Waals surface area contributed by atoms with Crippen LogP contribution in [0.1, 0.15) is 12.2 Å². The Kier molecular flexibility index (Phi) is 3.50. The first kappa shape index (κ1) is 12.5. The van der Waals surface area contributed by atoms with Gasteiger partial charge in [0.15, 0.2) is 0 Å². The quantitative estimate of drug-likeness (QED) is 0.490. The molecule has 3 aromatic rings. The van der Waals surface area contributed by atoms with Gasteiger partial charge in [0.1, 0.15) is 5.82 Å². The highest BCUT2D eigenvalue weighted by Gasteiger charge is 2.02. The van der Waals surface area contributed by atoms with Crippen LogP contribution in [0.4, 0.5) is 11.4 Å². The standard InChI is InChI=1S/C15H17N5/c16-11-3-4-12-13(5-7-18-14(12)10-11)17-6-1-2-15-19-8-9-20-15/h3-5,7-10H,1-2,6,16H2,(H,17,18)(H,19,20). The highest BCUT2D eigenvalue weighted by Crippen LogP contribution is 2.23. The zero-order valence-corrected chi connectivity index (χ0v) is 11.1. The fourth-order valence-corrected chi connectivity index (χ4v) is 2.23. The molecule has 5 heteroatoms. The highest BCUT2D eigenvalue weighted by molar-refractivity contribution is 5.92. The average Bonchev–Trinajstić information content (AvgIpc) is 2.96. The fourth-order valence-electron chi connectivity index (χ4n) is 2.23. The average molecular weight is 267 g/mol. The van der Waals surface area contributed by atoms with Crippen LogP contribution in [0.5, 0.6) is 0 Å². The first-order valence-electron chi connectivity index (χ1n) is 6.69. The molecule has 2 aromatic heterocycles. The number of hydrogen-bond acceptors (Lipinski definition) is 4. The van der Waals surface area contributed by atoms with E-state index in [-0.39, 0.29) is 0 Å². The number of aromatic nitrogens is 3. The normalized spacial score (nSPS) is 10.8. The minimum Gasteiger partial charge on any atom is -0.399 e. The number of hydrogen-bond donors (Lipinski definition) is 3. The Balaban J connectivity index is 1.65. The number of nitrogens with zero attached hydrogens (tertiary/aromatic N) is 2. The zero-order chi connectivity index (χ0) is 13.8. The lowest BCUT2D eigenvalue weighted by molar-refractivity contribution is 0.817. The summed E-state index contributed by atoms with van der Waals surface area (Å²) in [5, 5.41) is 4.54. The Labute approximate surface area is 117 Å². The Bertz CT molecular complexity index is 691. The molecule has 4 N–H and O–H groups in total. The van der Waals surface area contributed by atoms with Gasteiger partial charge in [0.2, 0.25) is 0 Å². The van der Waals surface area contributed by atoms with E-state index in [1.165, 1.54) is 0 Å². The second-order valence-corrected chi connectivity index (χ2v) is 4.70. The number of imidazole rings is 1. The minimum atomic E-state index is 0.736. The van der Waals surface area contributed by atoms with Crippen molar-refractivity contribution >= 4 is 22.3 Å². The maximum Gasteiger partial charge on any atom is 0.106 e. The predicted octanol–water partition coefficient (Wildman–Crippen LogP) is 2.58. The molecule has 3 rings (SSSR count). The summed E-state index contributed by atoms with van der Waals surface area (Å²) >= 11 is 0. The third kappa shape index (κ3) is 2.71. The van der Waals surface area contributed by atoms with Crippen molar-refractivity contribution < 1.29 is 0 Å². The molecule has 0 fully saturated rings. The van der Waals surface area contributed by atoms with E-state index in [4.69, 9.17) is 5.73 Å². The van der Waals surface area contributed by atoms with Gasteiger partial charge >= 0.3 is 0 Å². The summed E-state index contributed by atoms with van der Waals surface area (Å²) in [4.78, 5) is 11.7. The lowest BCUT2D eigenvalue weighted by Crippen LogP contribution is -2.04. The van der Waals surface area contributed by atoms with Crippen molar-refractivity contribution in [2.75, 3.05) is 17.6 Å². The van der Waals surface area contributed by atoms with Crippen LogP contribution in [0.2, 0.25) is 0 Å². The molecule has 0 spiro atoms. The number of nitrogens with two attached hydrogens (primary N) is 1. The molecule has 0 atom stereocenters. The number of nitrogen functional groups attached to an aromatic ring is 1. The fraction of sp³-hybridized carbons (Fsp3) is 0.200. The van der Waals surface area contributed by atoms with Gasteiger partial charge in [-0.25, -0.2) is 4.98 Å². The van der Waals surface area contributed by atoms with Crippen LogP contribution in [-0.4, -0.2) is 21.5 Å². The number of rotatable bonds is 5. The summed E-state index contributed by atoms with van der Waals surface area (Å²) in [6, 6.07) is 7.79. The summed E-state index contributed by atoms with van der Waals surface area (Å²) in [5.74, 6) is 1.03. The maximum absolute atomic E-state index is 5.78. The van der Waals surface area contributed by atoms with Crippen molar-refractivity contribution in [2.24, 2.45) is 0 Å². The molecule has 20 heavy (non-hydrogen) atoms. The van der Waals surface area contributed by atoms with E-state index in [0.717, 1.165) is 47.5 Å². The minimum absolute atomic E-state index is 0.736. The molecular formula is C15H17N5. The topological polar surface area (TPSA) is 79.6 Å². The number of aromatic amines is 1. The first-order valence-corrected chi connectivity index (χ1v) is 6.69. The Morgan fingerprint density at radius 2 is 2.10 bits per heavy atom. The summed E-state index contributed by atoms with van der Waals surface area (Å²) in [6.45, 7) is 0.893. The number of pyridine rings is 1. The van der Waals surface area contributed by atoms with Crippen LogP contribution in [0.3, 0.4) is 0 Å². The number of anilines is 2. The number of nitrogens with one attached hydrogen (secondary N) is 2. The second-order valence-electron chi connectivity index (χ2n) is 4.70. The van der Waals surface area contributed by atoms with E-state index >= 15 is 0 Å². The Hall–Kier alpha value is -2.56. The molecule has 0 saturated carbocycles. The van der Waals surface area contributed by atoms with Gasteiger partial charge in [0.05, 0.1) is 5.52 Å². The van der Waals surface area contributed by atoms with E-state index in [2.05, 4.69) is 20.3 Å². The SMILES string of the molecule is Nc1ccc2c(NCCCc3ncc[nH]3)ccnc2c1. The second kappa shape index (κ2) is 5.61. The summed E-state index contributed by atoms with van der Waals surface area (Å²) < 4.78 is 0. The largest absolute Gasteiger partial charge is 0.399 e. The van der Waals surface area contributed by atoms with Gasteiger partial charge < -0.3 is 16.0 Å². The Morgan fingerprint density at radius 1 is 1.15 bits per heavy atom. The van der Waals surface area contributed by atoms with Crippen molar-refractivity contribution in [1.29, 1.82) is 0 Å². The van der Waals surface area contributed by atoms with Gasteiger partial charge in [-0.2, -0.15) is 0 Å². The summed E-state index contributed by atoms with van der Waals surface area (Å²) in [7, 11) is 0. The highest BCUT2D eigenvalue weighted by atomic mass is 14.9. The molecule has 2 heterocycles. The lowest BCUT2D eigenvalue weighted by atomic mass is 10.1. The van der Waals surface area contributed by atoms with E-state index in [9.17, 15) is 0 Å². The van der Waals surface area contributed by atoms with Gasteiger partial charge in [-0.15, -0.1) is 0 Å². The van der Waals surface area contributed by atoms with Gasteiger partial charge in [0, 0.05) is 48.3 Å². The van der Waals surface area contributed by atoms with Crippen molar-refractivity contribution in [1.82, 2.24) is 15.0 Å². The number of aryl methyl sites for hydroxylation is 1. The molecule has 0 aliphatic carbocycles. The third-order valence-corrected chi connectivity index (χ3v) is 3.23. The van der Waals surface area contributed by atoms with Crippen LogP contribution < -0.4 is 11.1 Å². The van der Waals surface area contributed by atoms with Crippen LogP contribution >= 0.6 is 0 Å². The monoisotopic (exact) mass is 267 g/mol. The smallest absolute Gasteiger partial charge is 0.106 e. The third-order valence-electron chi connectivity index (χ3n) is 3.23. The maximum atomic E-state index is 5.78. The molecule has 0 aliphatic rings. The molecule has 0 amide bonds. The number of benzene rings is 1. The molecule has 0 aliphatic heterocycles. The number of fused-ring (bicyclic) bond motifs is 1. The van der Waals surface area contributed by atoms with Crippen LogP contribution in [0.15, 0.2) is 42.9 Å². The van der Waals surface area contributed by atoms with E-state index in [1.54, 1.807) is 12.4 Å². The van der Waals surface area contributed by atoms with Crippen molar-refractivity contribution in [2.45, 2.75) is 12.8 Å². The van der Waals surface area contributed by atoms with E-state index in [1.807, 2.05) is 30.5 Å². The van der Waals surface area contributed by atoms with Crippen LogP contribution in [0, 0.1) is 0 Å². The van der Waals surface area contributed by atoms with Crippen molar-refractivity contribution in [3.63, 3.8) is 0 Å². The molecule has 1 aromatic carbocycles. The van der Waals surface area contributed by atoms with Gasteiger partial charge in [-0.3, -0.25) is 4.98 Å². The molecule has 0 saturated heterocycles. The van der Waals surface area contributed by atoms with Crippen LogP contribution in [-0.2, 0) is 6.42 Å². The van der Waals surface area contributed by atoms with Gasteiger partial charge in [-0.1, -0.05) is 0 Å². The summed E-state index contributed by atoms with van der Waals surface area (Å²) in [5.41, 5.74) is 8.52. The molecular weight excluding hydrogens is 250 g/mol. The molecule has 5 nitrogen and oxygen atoms in total. The zero-order valence-electron chi connectivity index (χ0n) is 11.1.